The summed E-state index contributed by atoms with van der Waals surface area (Å²) in [6.45, 7) is 6.22. The smallest absolute Gasteiger partial charge is 0.240 e. The molecule has 23 heavy (non-hydrogen) atoms. The molecule has 0 saturated carbocycles. The Bertz CT molecular complexity index is 825. The summed E-state index contributed by atoms with van der Waals surface area (Å²) in [7, 11) is -3.93. The highest BCUT2D eigenvalue weighted by Gasteiger charge is 2.30. The van der Waals surface area contributed by atoms with Crippen LogP contribution in [-0.2, 0) is 15.6 Å². The molecule has 126 valence electrons. The maximum Gasteiger partial charge on any atom is 0.240 e. The summed E-state index contributed by atoms with van der Waals surface area (Å²) in [6, 6.07) is 5.34. The largest absolute Gasteiger partial charge is 0.466 e. The van der Waals surface area contributed by atoms with E-state index in [0.29, 0.717) is 22.6 Å². The maximum absolute atomic E-state index is 13.6. The van der Waals surface area contributed by atoms with E-state index >= 15 is 0 Å². The molecule has 7 heteroatoms. The topological polar surface area (TPSA) is 79.5 Å². The van der Waals surface area contributed by atoms with Gasteiger partial charge in [0.15, 0.2) is 0 Å². The minimum atomic E-state index is -3.93. The fourth-order valence-electron chi connectivity index (χ4n) is 2.32. The summed E-state index contributed by atoms with van der Waals surface area (Å²) in [5.74, 6) is 0.551. The molecule has 1 aromatic heterocycles. The van der Waals surface area contributed by atoms with E-state index in [-0.39, 0.29) is 11.4 Å². The Labute approximate surface area is 135 Å². The van der Waals surface area contributed by atoms with Gasteiger partial charge in [0.05, 0.1) is 4.90 Å². The van der Waals surface area contributed by atoms with Gasteiger partial charge in [-0.15, -0.1) is 0 Å². The second-order valence-electron chi connectivity index (χ2n) is 5.84. The van der Waals surface area contributed by atoms with E-state index in [2.05, 4.69) is 4.72 Å². The van der Waals surface area contributed by atoms with E-state index in [4.69, 9.17) is 4.42 Å². The van der Waals surface area contributed by atoms with E-state index < -0.39 is 21.4 Å². The Hall–Kier alpha value is -1.70. The third kappa shape index (κ3) is 3.80. The molecule has 1 atom stereocenters. The molecule has 0 aliphatic rings. The SMILES string of the molecule is Cc1cc(C(C)(O)CNS(=O)(=O)c2ccc(C)c(F)c2)c(C)o1. The number of halogens is 1. The Morgan fingerprint density at radius 2 is 1.91 bits per heavy atom. The van der Waals surface area contributed by atoms with E-state index in [1.54, 1.807) is 26.8 Å². The Kier molecular flexibility index (Phi) is 4.66. The number of nitrogens with one attached hydrogen (secondary N) is 1. The average molecular weight is 341 g/mol. The van der Waals surface area contributed by atoms with Crippen LogP contribution < -0.4 is 4.72 Å². The molecule has 5 nitrogen and oxygen atoms in total. The van der Waals surface area contributed by atoms with Crippen molar-refractivity contribution in [1.82, 2.24) is 4.72 Å². The van der Waals surface area contributed by atoms with Crippen LogP contribution in [0.2, 0.25) is 0 Å². The van der Waals surface area contributed by atoms with Gasteiger partial charge in [-0.2, -0.15) is 0 Å². The van der Waals surface area contributed by atoms with Crippen molar-refractivity contribution in [3.63, 3.8) is 0 Å². The number of furan rings is 1. The number of hydrogen-bond acceptors (Lipinski definition) is 4. The molecule has 0 saturated heterocycles. The minimum absolute atomic E-state index is 0.184. The molecule has 2 N–H and O–H groups in total. The fourth-order valence-corrected chi connectivity index (χ4v) is 3.46. The molecule has 1 heterocycles. The standard InChI is InChI=1S/C16H20FNO4S/c1-10-5-6-13(8-15(10)17)23(20,21)18-9-16(4,19)14-7-11(2)22-12(14)3/h5-8,18-19H,9H2,1-4H3. The maximum atomic E-state index is 13.6. The van der Waals surface area contributed by atoms with Gasteiger partial charge in [-0.05, 0) is 51.5 Å². The lowest BCUT2D eigenvalue weighted by Gasteiger charge is -2.23. The predicted octanol–water partition coefficient (Wildman–Crippen LogP) is 2.53. The van der Waals surface area contributed by atoms with Crippen LogP contribution in [0.1, 0.15) is 29.6 Å². The molecule has 0 aliphatic carbocycles. The lowest BCUT2D eigenvalue weighted by molar-refractivity contribution is 0.0612. The van der Waals surface area contributed by atoms with Crippen molar-refractivity contribution >= 4 is 10.0 Å². The van der Waals surface area contributed by atoms with Gasteiger partial charge in [-0.25, -0.2) is 17.5 Å². The van der Waals surface area contributed by atoms with E-state index in [9.17, 15) is 17.9 Å². The minimum Gasteiger partial charge on any atom is -0.466 e. The molecule has 0 radical (unpaired) electrons. The molecule has 2 aromatic rings. The summed E-state index contributed by atoms with van der Waals surface area (Å²) in [5, 5.41) is 10.5. The van der Waals surface area contributed by atoms with Crippen LogP contribution >= 0.6 is 0 Å². The van der Waals surface area contributed by atoms with E-state index in [1.807, 2.05) is 0 Å². The highest BCUT2D eigenvalue weighted by atomic mass is 32.2. The van der Waals surface area contributed by atoms with Gasteiger partial charge >= 0.3 is 0 Å². The second-order valence-corrected chi connectivity index (χ2v) is 7.60. The average Bonchev–Trinajstić information content (AvgIpc) is 2.79. The third-order valence-corrected chi connectivity index (χ3v) is 5.08. The molecule has 0 spiro atoms. The van der Waals surface area contributed by atoms with Crippen LogP contribution in [0.5, 0.6) is 0 Å². The zero-order chi connectivity index (χ0) is 17.4. The first kappa shape index (κ1) is 17.7. The zero-order valence-corrected chi connectivity index (χ0v) is 14.3. The first-order valence-electron chi connectivity index (χ1n) is 7.08. The third-order valence-electron chi connectivity index (χ3n) is 3.68. The number of benzene rings is 1. The van der Waals surface area contributed by atoms with Gasteiger partial charge in [0.1, 0.15) is 22.9 Å². The lowest BCUT2D eigenvalue weighted by atomic mass is 9.97. The second kappa shape index (κ2) is 6.07. The Balaban J connectivity index is 2.21. The number of rotatable bonds is 5. The van der Waals surface area contributed by atoms with E-state index in [1.165, 1.54) is 19.1 Å². The summed E-state index contributed by atoms with van der Waals surface area (Å²) in [5.41, 5.74) is -0.578. The van der Waals surface area contributed by atoms with Gasteiger partial charge in [0, 0.05) is 12.1 Å². The van der Waals surface area contributed by atoms with Crippen molar-refractivity contribution in [3.05, 3.63) is 52.7 Å². The first-order valence-corrected chi connectivity index (χ1v) is 8.57. The summed E-state index contributed by atoms with van der Waals surface area (Å²) in [4.78, 5) is -0.184. The summed E-state index contributed by atoms with van der Waals surface area (Å²) >= 11 is 0. The van der Waals surface area contributed by atoms with Gasteiger partial charge < -0.3 is 9.52 Å². The number of aryl methyl sites for hydroxylation is 3. The van der Waals surface area contributed by atoms with Gasteiger partial charge in [-0.3, -0.25) is 0 Å². The number of aliphatic hydroxyl groups is 1. The van der Waals surface area contributed by atoms with Crippen molar-refractivity contribution in [2.24, 2.45) is 0 Å². The van der Waals surface area contributed by atoms with Crippen LogP contribution in [0.3, 0.4) is 0 Å². The molecule has 0 bridgehead atoms. The summed E-state index contributed by atoms with van der Waals surface area (Å²) in [6.07, 6.45) is 0. The molecule has 0 amide bonds. The van der Waals surface area contributed by atoms with Gasteiger partial charge in [0.2, 0.25) is 10.0 Å². The highest BCUT2D eigenvalue weighted by Crippen LogP contribution is 2.27. The molecular formula is C16H20FNO4S. The van der Waals surface area contributed by atoms with Crippen molar-refractivity contribution in [3.8, 4) is 0 Å². The first-order chi connectivity index (χ1) is 10.5. The fraction of sp³-hybridized carbons (Fsp3) is 0.375. The normalized spacial score (nSPS) is 14.7. The highest BCUT2D eigenvalue weighted by molar-refractivity contribution is 7.89. The van der Waals surface area contributed by atoms with Crippen LogP contribution in [-0.4, -0.2) is 20.1 Å². The van der Waals surface area contributed by atoms with Crippen molar-refractivity contribution < 1.29 is 22.3 Å². The molecule has 1 unspecified atom stereocenters. The van der Waals surface area contributed by atoms with Crippen molar-refractivity contribution in [2.45, 2.75) is 38.2 Å². The van der Waals surface area contributed by atoms with Crippen LogP contribution in [0.15, 0.2) is 33.6 Å². The van der Waals surface area contributed by atoms with Gasteiger partial charge in [0.25, 0.3) is 0 Å². The molecule has 1 aromatic carbocycles. The molecule has 0 aliphatic heterocycles. The molecule has 0 fully saturated rings. The van der Waals surface area contributed by atoms with Crippen molar-refractivity contribution in [1.29, 1.82) is 0 Å². The zero-order valence-electron chi connectivity index (χ0n) is 13.5. The van der Waals surface area contributed by atoms with Crippen LogP contribution in [0.4, 0.5) is 4.39 Å². The quantitative estimate of drug-likeness (QED) is 0.876. The predicted molar refractivity (Wildman–Crippen MR) is 84.1 cm³/mol. The monoisotopic (exact) mass is 341 g/mol. The van der Waals surface area contributed by atoms with Crippen LogP contribution in [0, 0.1) is 26.6 Å². The van der Waals surface area contributed by atoms with E-state index in [0.717, 1.165) is 6.07 Å². The van der Waals surface area contributed by atoms with Crippen molar-refractivity contribution in [2.75, 3.05) is 6.54 Å². The Morgan fingerprint density at radius 1 is 1.26 bits per heavy atom. The number of sulfonamides is 1. The van der Waals surface area contributed by atoms with Gasteiger partial charge in [-0.1, -0.05) is 6.07 Å². The van der Waals surface area contributed by atoms with Crippen LogP contribution in [0.25, 0.3) is 0 Å². The Morgan fingerprint density at radius 3 is 2.43 bits per heavy atom. The molecule has 2 rings (SSSR count). The summed E-state index contributed by atoms with van der Waals surface area (Å²) < 4.78 is 45.7. The molecular weight excluding hydrogens is 321 g/mol. The number of hydrogen-bond donors (Lipinski definition) is 2. The lowest BCUT2D eigenvalue weighted by Crippen LogP contribution is -2.38.